The third-order valence-electron chi connectivity index (χ3n) is 5.10. The summed E-state index contributed by atoms with van der Waals surface area (Å²) < 4.78 is 32.1. The zero-order valence-electron chi connectivity index (χ0n) is 18.2. The zero-order valence-corrected chi connectivity index (χ0v) is 19.0. The molecule has 1 aliphatic rings. The summed E-state index contributed by atoms with van der Waals surface area (Å²) in [6.45, 7) is 3.71. The molecule has 1 saturated heterocycles. The molecular weight excluding hydrogens is 430 g/mol. The van der Waals surface area contributed by atoms with Crippen molar-refractivity contribution < 1.29 is 22.7 Å². The molecule has 2 aromatic carbocycles. The summed E-state index contributed by atoms with van der Waals surface area (Å²) >= 11 is 0. The minimum atomic E-state index is -3.54. The molecule has 2 amide bonds. The molecular formula is C23H29N3O5S. The first-order valence-electron chi connectivity index (χ1n) is 10.8. The van der Waals surface area contributed by atoms with Crippen LogP contribution in [0.5, 0.6) is 5.75 Å². The molecule has 0 aliphatic carbocycles. The Labute approximate surface area is 189 Å². The van der Waals surface area contributed by atoms with Gasteiger partial charge in [-0.2, -0.15) is 0 Å². The number of nitrogens with zero attached hydrogens (tertiary/aromatic N) is 1. The van der Waals surface area contributed by atoms with E-state index < -0.39 is 10.0 Å². The van der Waals surface area contributed by atoms with E-state index in [1.807, 2.05) is 24.0 Å². The minimum absolute atomic E-state index is 0.132. The predicted octanol–water partition coefficient (Wildman–Crippen LogP) is 2.56. The third kappa shape index (κ3) is 6.80. The first-order chi connectivity index (χ1) is 15.4. The van der Waals surface area contributed by atoms with E-state index >= 15 is 0 Å². The number of carbonyl (C=O) groups is 2. The lowest BCUT2D eigenvalue weighted by atomic mass is 10.1. The van der Waals surface area contributed by atoms with Gasteiger partial charge in [0.15, 0.2) is 6.61 Å². The fraction of sp³-hybridized carbons (Fsp3) is 0.391. The molecule has 3 rings (SSSR count). The van der Waals surface area contributed by atoms with Gasteiger partial charge in [-0.25, -0.2) is 13.1 Å². The number of nitrogens with one attached hydrogen (secondary N) is 2. The molecule has 8 nitrogen and oxygen atoms in total. The van der Waals surface area contributed by atoms with Crippen LogP contribution in [-0.4, -0.2) is 51.4 Å². The van der Waals surface area contributed by atoms with Crippen LogP contribution in [0.2, 0.25) is 0 Å². The van der Waals surface area contributed by atoms with Gasteiger partial charge >= 0.3 is 0 Å². The van der Waals surface area contributed by atoms with Crippen LogP contribution in [0.25, 0.3) is 0 Å². The van der Waals surface area contributed by atoms with Crippen LogP contribution in [0.4, 0.5) is 5.69 Å². The van der Waals surface area contributed by atoms with Gasteiger partial charge in [-0.05, 0) is 61.2 Å². The molecule has 0 unspecified atom stereocenters. The second-order valence-electron chi connectivity index (χ2n) is 7.67. The fourth-order valence-corrected chi connectivity index (χ4v) is 4.47. The maximum atomic E-state index is 12.2. The zero-order chi connectivity index (χ0) is 23.0. The van der Waals surface area contributed by atoms with Crippen molar-refractivity contribution in [3.63, 3.8) is 0 Å². The Balaban J connectivity index is 1.46. The van der Waals surface area contributed by atoms with Crippen LogP contribution in [-0.2, 0) is 26.0 Å². The van der Waals surface area contributed by atoms with Crippen molar-refractivity contribution in [3.8, 4) is 5.75 Å². The maximum absolute atomic E-state index is 12.2. The molecule has 1 fully saturated rings. The van der Waals surface area contributed by atoms with Crippen molar-refractivity contribution in [2.24, 2.45) is 0 Å². The second-order valence-corrected chi connectivity index (χ2v) is 9.43. The summed E-state index contributed by atoms with van der Waals surface area (Å²) in [4.78, 5) is 26.4. The molecule has 2 aromatic rings. The standard InChI is InChI=1S/C23H29N3O5S/c1-2-13-24-32(29,30)21-11-9-20(10-12-21)31-17-22(27)25-19-7-5-18(6-8-19)16-23(28)26-14-3-4-15-26/h5-12,24H,2-4,13-17H2,1H3,(H,25,27). The Hall–Kier alpha value is -2.91. The Morgan fingerprint density at radius 2 is 1.66 bits per heavy atom. The van der Waals surface area contributed by atoms with Gasteiger partial charge in [0.1, 0.15) is 5.75 Å². The second kappa shape index (κ2) is 11.1. The van der Waals surface area contributed by atoms with Gasteiger partial charge in [0, 0.05) is 25.3 Å². The molecule has 9 heteroatoms. The van der Waals surface area contributed by atoms with Crippen molar-refractivity contribution in [3.05, 3.63) is 54.1 Å². The van der Waals surface area contributed by atoms with Crippen molar-refractivity contribution in [1.82, 2.24) is 9.62 Å². The lowest BCUT2D eigenvalue weighted by Gasteiger charge is -2.15. The van der Waals surface area contributed by atoms with Crippen molar-refractivity contribution in [2.75, 3.05) is 31.6 Å². The highest BCUT2D eigenvalue weighted by atomic mass is 32.2. The first kappa shape index (κ1) is 23.7. The van der Waals surface area contributed by atoms with E-state index in [4.69, 9.17) is 4.74 Å². The Bertz CT molecular complexity index is 1010. The van der Waals surface area contributed by atoms with E-state index in [1.165, 1.54) is 24.3 Å². The van der Waals surface area contributed by atoms with Gasteiger partial charge in [0.05, 0.1) is 11.3 Å². The van der Waals surface area contributed by atoms with Crippen LogP contribution in [0, 0.1) is 0 Å². The molecule has 0 spiro atoms. The molecule has 32 heavy (non-hydrogen) atoms. The van der Waals surface area contributed by atoms with E-state index in [0.29, 0.717) is 30.8 Å². The highest BCUT2D eigenvalue weighted by molar-refractivity contribution is 7.89. The number of rotatable bonds is 10. The van der Waals surface area contributed by atoms with Gasteiger partial charge in [0.2, 0.25) is 15.9 Å². The number of benzene rings is 2. The molecule has 172 valence electrons. The molecule has 0 atom stereocenters. The summed E-state index contributed by atoms with van der Waals surface area (Å²) in [5, 5.41) is 2.74. The minimum Gasteiger partial charge on any atom is -0.484 e. The van der Waals surface area contributed by atoms with Crippen LogP contribution in [0.3, 0.4) is 0 Å². The number of likely N-dealkylation sites (tertiary alicyclic amines) is 1. The van der Waals surface area contributed by atoms with Gasteiger partial charge in [-0.15, -0.1) is 0 Å². The average molecular weight is 460 g/mol. The number of hydrogen-bond donors (Lipinski definition) is 2. The maximum Gasteiger partial charge on any atom is 0.262 e. The summed E-state index contributed by atoms with van der Waals surface area (Å²) in [7, 11) is -3.54. The molecule has 1 heterocycles. The molecule has 0 saturated carbocycles. The van der Waals surface area contributed by atoms with E-state index in [9.17, 15) is 18.0 Å². The first-order valence-corrected chi connectivity index (χ1v) is 12.2. The van der Waals surface area contributed by atoms with Gasteiger partial charge in [-0.3, -0.25) is 9.59 Å². The third-order valence-corrected chi connectivity index (χ3v) is 6.57. The van der Waals surface area contributed by atoms with E-state index in [1.54, 1.807) is 12.1 Å². The largest absolute Gasteiger partial charge is 0.484 e. The van der Waals surface area contributed by atoms with Crippen LogP contribution in [0.15, 0.2) is 53.4 Å². The Morgan fingerprint density at radius 3 is 2.28 bits per heavy atom. The Morgan fingerprint density at radius 1 is 1.00 bits per heavy atom. The van der Waals surface area contributed by atoms with E-state index in [-0.39, 0.29) is 23.3 Å². The quantitative estimate of drug-likeness (QED) is 0.568. The summed E-state index contributed by atoms with van der Waals surface area (Å²) in [5.74, 6) is 0.185. The Kier molecular flexibility index (Phi) is 8.24. The van der Waals surface area contributed by atoms with Crippen LogP contribution >= 0.6 is 0 Å². The number of carbonyl (C=O) groups excluding carboxylic acids is 2. The van der Waals surface area contributed by atoms with Gasteiger partial charge in [0.25, 0.3) is 5.91 Å². The SMILES string of the molecule is CCCNS(=O)(=O)c1ccc(OCC(=O)Nc2ccc(CC(=O)N3CCCC3)cc2)cc1. The number of sulfonamides is 1. The monoisotopic (exact) mass is 459 g/mol. The fourth-order valence-electron chi connectivity index (χ4n) is 3.34. The summed E-state index contributed by atoms with van der Waals surface area (Å²) in [6.07, 6.45) is 3.20. The highest BCUT2D eigenvalue weighted by Gasteiger charge is 2.18. The number of anilines is 1. The lowest BCUT2D eigenvalue weighted by molar-refractivity contribution is -0.129. The lowest BCUT2D eigenvalue weighted by Crippen LogP contribution is -2.29. The van der Waals surface area contributed by atoms with Crippen LogP contribution < -0.4 is 14.8 Å². The highest BCUT2D eigenvalue weighted by Crippen LogP contribution is 2.17. The average Bonchev–Trinajstić information content (AvgIpc) is 3.33. The molecule has 2 N–H and O–H groups in total. The molecule has 0 radical (unpaired) electrons. The predicted molar refractivity (Wildman–Crippen MR) is 122 cm³/mol. The van der Waals surface area contributed by atoms with E-state index in [2.05, 4.69) is 10.0 Å². The molecule has 1 aliphatic heterocycles. The number of amides is 2. The van der Waals surface area contributed by atoms with Crippen molar-refractivity contribution in [2.45, 2.75) is 37.5 Å². The van der Waals surface area contributed by atoms with E-state index in [0.717, 1.165) is 31.5 Å². The van der Waals surface area contributed by atoms with Gasteiger partial charge < -0.3 is 15.0 Å². The topological polar surface area (TPSA) is 105 Å². The smallest absolute Gasteiger partial charge is 0.262 e. The molecule has 0 aromatic heterocycles. The normalized spacial score (nSPS) is 13.7. The summed E-state index contributed by atoms with van der Waals surface area (Å²) in [5.41, 5.74) is 1.51. The number of hydrogen-bond acceptors (Lipinski definition) is 5. The molecule has 0 bridgehead atoms. The van der Waals surface area contributed by atoms with Crippen molar-refractivity contribution in [1.29, 1.82) is 0 Å². The van der Waals surface area contributed by atoms with Crippen LogP contribution in [0.1, 0.15) is 31.7 Å². The number of ether oxygens (including phenoxy) is 1. The summed E-state index contributed by atoms with van der Waals surface area (Å²) in [6, 6.07) is 13.1. The van der Waals surface area contributed by atoms with Gasteiger partial charge in [-0.1, -0.05) is 19.1 Å². The van der Waals surface area contributed by atoms with Crippen molar-refractivity contribution >= 4 is 27.5 Å².